The Hall–Kier alpha value is -3.54. The van der Waals surface area contributed by atoms with E-state index in [-0.39, 0.29) is 5.56 Å². The van der Waals surface area contributed by atoms with Crippen LogP contribution < -0.4 is 5.32 Å². The van der Waals surface area contributed by atoms with E-state index in [0.29, 0.717) is 13.1 Å². The Labute approximate surface area is 155 Å². The minimum atomic E-state index is -0.527. The van der Waals surface area contributed by atoms with Gasteiger partial charge in [-0.05, 0) is 36.4 Å². The highest BCUT2D eigenvalue weighted by Gasteiger charge is 2.14. The van der Waals surface area contributed by atoms with E-state index in [2.05, 4.69) is 10.3 Å². The average Bonchev–Trinajstić information content (AvgIpc) is 3.08. The van der Waals surface area contributed by atoms with Crippen molar-refractivity contribution in [1.29, 1.82) is 0 Å². The van der Waals surface area contributed by atoms with Crippen molar-refractivity contribution in [3.8, 4) is 11.4 Å². The number of halogens is 1. The van der Waals surface area contributed by atoms with Crippen molar-refractivity contribution in [2.24, 2.45) is 0 Å². The molecule has 6 heteroatoms. The maximum atomic E-state index is 13.8. The second-order valence-corrected chi connectivity index (χ2v) is 6.05. The number of carbonyl (C=O) groups is 1. The summed E-state index contributed by atoms with van der Waals surface area (Å²) >= 11 is 0. The summed E-state index contributed by atoms with van der Waals surface area (Å²) in [5.74, 6) is -0.151. The highest BCUT2D eigenvalue weighted by molar-refractivity contribution is 5.94. The summed E-state index contributed by atoms with van der Waals surface area (Å²) < 4.78 is 15.8. The zero-order valence-corrected chi connectivity index (χ0v) is 14.5. The molecule has 0 aliphatic carbocycles. The van der Waals surface area contributed by atoms with Crippen LogP contribution in [0.3, 0.4) is 0 Å². The largest absolute Gasteiger partial charge is 0.350 e. The van der Waals surface area contributed by atoms with Gasteiger partial charge in [0, 0.05) is 31.0 Å². The first-order chi connectivity index (χ1) is 13.2. The van der Waals surface area contributed by atoms with Crippen LogP contribution in [0, 0.1) is 5.82 Å². The molecule has 134 valence electrons. The predicted molar refractivity (Wildman–Crippen MR) is 102 cm³/mol. The molecule has 0 aliphatic heterocycles. The van der Waals surface area contributed by atoms with E-state index in [4.69, 9.17) is 4.98 Å². The van der Waals surface area contributed by atoms with Crippen LogP contribution in [0.2, 0.25) is 0 Å². The van der Waals surface area contributed by atoms with Gasteiger partial charge in [0.15, 0.2) is 0 Å². The molecular weight excluding hydrogens is 343 g/mol. The average molecular weight is 360 g/mol. The van der Waals surface area contributed by atoms with Crippen molar-refractivity contribution in [2.45, 2.75) is 6.54 Å². The minimum absolute atomic E-state index is 0.0438. The molecule has 0 fully saturated rings. The van der Waals surface area contributed by atoms with Crippen LogP contribution in [0.4, 0.5) is 4.39 Å². The molecule has 2 aromatic carbocycles. The number of benzene rings is 2. The van der Waals surface area contributed by atoms with Crippen molar-refractivity contribution >= 4 is 16.9 Å². The van der Waals surface area contributed by atoms with E-state index in [1.807, 2.05) is 41.0 Å². The number of hydrogen-bond acceptors (Lipinski definition) is 3. The molecule has 1 amide bonds. The molecule has 2 aromatic heterocycles. The van der Waals surface area contributed by atoms with Gasteiger partial charge in [-0.2, -0.15) is 0 Å². The zero-order valence-electron chi connectivity index (χ0n) is 14.5. The number of aromatic nitrogens is 3. The molecule has 0 saturated heterocycles. The van der Waals surface area contributed by atoms with Crippen LogP contribution in [0.15, 0.2) is 73.1 Å². The second-order valence-electron chi connectivity index (χ2n) is 6.05. The summed E-state index contributed by atoms with van der Waals surface area (Å²) in [5, 5.41) is 2.78. The Balaban J connectivity index is 1.58. The number of nitrogens with zero attached hydrogens (tertiary/aromatic N) is 3. The molecule has 1 N–H and O–H groups in total. The van der Waals surface area contributed by atoms with Crippen molar-refractivity contribution in [3.05, 3.63) is 84.4 Å². The summed E-state index contributed by atoms with van der Waals surface area (Å²) in [5.41, 5.74) is 2.85. The Morgan fingerprint density at radius 3 is 2.56 bits per heavy atom. The summed E-state index contributed by atoms with van der Waals surface area (Å²) in [6, 6.07) is 17.6. The number of hydrogen-bond donors (Lipinski definition) is 1. The fourth-order valence-electron chi connectivity index (χ4n) is 3.05. The summed E-state index contributed by atoms with van der Waals surface area (Å²) in [7, 11) is 0. The quantitative estimate of drug-likeness (QED) is 0.591. The van der Waals surface area contributed by atoms with Crippen LogP contribution >= 0.6 is 0 Å². The summed E-state index contributed by atoms with van der Waals surface area (Å²) in [4.78, 5) is 21.0. The third-order valence-electron chi connectivity index (χ3n) is 4.33. The van der Waals surface area contributed by atoms with Gasteiger partial charge in [0.05, 0.1) is 16.6 Å². The molecule has 4 rings (SSSR count). The van der Waals surface area contributed by atoms with Crippen LogP contribution in [0.1, 0.15) is 10.4 Å². The van der Waals surface area contributed by atoms with Gasteiger partial charge in [-0.15, -0.1) is 0 Å². The van der Waals surface area contributed by atoms with Gasteiger partial charge in [0.1, 0.15) is 11.6 Å². The van der Waals surface area contributed by atoms with Gasteiger partial charge in [0.2, 0.25) is 0 Å². The Kier molecular flexibility index (Phi) is 4.61. The molecule has 0 spiro atoms. The number of amides is 1. The molecule has 0 saturated carbocycles. The van der Waals surface area contributed by atoms with E-state index in [1.165, 1.54) is 12.1 Å². The van der Waals surface area contributed by atoms with Crippen molar-refractivity contribution in [1.82, 2.24) is 19.9 Å². The lowest BCUT2D eigenvalue weighted by Gasteiger charge is -2.11. The van der Waals surface area contributed by atoms with E-state index >= 15 is 0 Å². The molecule has 4 aromatic rings. The second kappa shape index (κ2) is 7.37. The first-order valence-electron chi connectivity index (χ1n) is 8.62. The van der Waals surface area contributed by atoms with Crippen LogP contribution in [-0.2, 0) is 6.54 Å². The molecule has 27 heavy (non-hydrogen) atoms. The van der Waals surface area contributed by atoms with E-state index in [0.717, 1.165) is 22.4 Å². The molecule has 0 radical (unpaired) electrons. The third-order valence-corrected chi connectivity index (χ3v) is 4.33. The third kappa shape index (κ3) is 3.42. The van der Waals surface area contributed by atoms with Crippen LogP contribution in [0.5, 0.6) is 0 Å². The van der Waals surface area contributed by atoms with Gasteiger partial charge in [-0.3, -0.25) is 9.78 Å². The first kappa shape index (κ1) is 16.9. The Morgan fingerprint density at radius 2 is 1.74 bits per heavy atom. The number of imidazole rings is 1. The number of carbonyl (C=O) groups excluding carboxylic acids is 1. The standard InChI is InChI=1S/C21H17FN4O/c22-17-6-2-1-5-16(17)21(27)24-13-14-26-19-8-4-3-7-18(19)25-20(26)15-9-11-23-12-10-15/h1-12H,13-14H2,(H,24,27). The van der Waals surface area contributed by atoms with Crippen molar-refractivity contribution in [3.63, 3.8) is 0 Å². The lowest BCUT2D eigenvalue weighted by atomic mass is 10.2. The fourth-order valence-corrected chi connectivity index (χ4v) is 3.05. The number of fused-ring (bicyclic) bond motifs is 1. The van der Waals surface area contributed by atoms with Crippen LogP contribution in [0.25, 0.3) is 22.4 Å². The number of pyridine rings is 1. The predicted octanol–water partition coefficient (Wildman–Crippen LogP) is 3.67. The first-order valence-corrected chi connectivity index (χ1v) is 8.62. The maximum Gasteiger partial charge on any atom is 0.254 e. The number of nitrogens with one attached hydrogen (secondary N) is 1. The molecule has 2 heterocycles. The van der Waals surface area contributed by atoms with Gasteiger partial charge < -0.3 is 9.88 Å². The zero-order chi connectivity index (χ0) is 18.6. The summed E-state index contributed by atoms with van der Waals surface area (Å²) in [6.07, 6.45) is 3.44. The number of rotatable bonds is 5. The highest BCUT2D eigenvalue weighted by Crippen LogP contribution is 2.24. The van der Waals surface area contributed by atoms with E-state index in [9.17, 15) is 9.18 Å². The normalized spacial score (nSPS) is 10.9. The molecular formula is C21H17FN4O. The van der Waals surface area contributed by atoms with E-state index < -0.39 is 11.7 Å². The molecule has 0 unspecified atom stereocenters. The lowest BCUT2D eigenvalue weighted by molar-refractivity contribution is 0.0948. The van der Waals surface area contributed by atoms with Gasteiger partial charge in [0.25, 0.3) is 5.91 Å². The lowest BCUT2D eigenvalue weighted by Crippen LogP contribution is -2.28. The Bertz CT molecular complexity index is 1090. The minimum Gasteiger partial charge on any atom is -0.350 e. The molecule has 0 aliphatic rings. The molecule has 5 nitrogen and oxygen atoms in total. The van der Waals surface area contributed by atoms with Gasteiger partial charge in [-0.25, -0.2) is 9.37 Å². The fraction of sp³-hybridized carbons (Fsp3) is 0.0952. The number of para-hydroxylation sites is 2. The van der Waals surface area contributed by atoms with E-state index in [1.54, 1.807) is 24.5 Å². The molecule has 0 atom stereocenters. The maximum absolute atomic E-state index is 13.8. The molecule has 0 bridgehead atoms. The van der Waals surface area contributed by atoms with Gasteiger partial charge in [-0.1, -0.05) is 24.3 Å². The summed E-state index contributed by atoms with van der Waals surface area (Å²) in [6.45, 7) is 0.865. The van der Waals surface area contributed by atoms with Crippen LogP contribution in [-0.4, -0.2) is 27.0 Å². The smallest absolute Gasteiger partial charge is 0.254 e. The van der Waals surface area contributed by atoms with Crippen molar-refractivity contribution in [2.75, 3.05) is 6.54 Å². The Morgan fingerprint density at radius 1 is 1.00 bits per heavy atom. The van der Waals surface area contributed by atoms with Crippen molar-refractivity contribution < 1.29 is 9.18 Å². The highest BCUT2D eigenvalue weighted by atomic mass is 19.1. The van der Waals surface area contributed by atoms with Gasteiger partial charge >= 0.3 is 0 Å². The topological polar surface area (TPSA) is 59.8 Å². The SMILES string of the molecule is O=C(NCCn1c(-c2ccncc2)nc2ccccc21)c1ccccc1F. The monoisotopic (exact) mass is 360 g/mol.